The summed E-state index contributed by atoms with van der Waals surface area (Å²) in [5.74, 6) is -0.423. The van der Waals surface area contributed by atoms with Crippen LogP contribution < -0.4 is 4.74 Å². The van der Waals surface area contributed by atoms with Gasteiger partial charge in [0.1, 0.15) is 11.4 Å². The molecule has 5 nitrogen and oxygen atoms in total. The molecule has 1 aromatic heterocycles. The molecular formula is C11H9BrN2O3. The molecule has 0 spiro atoms. The predicted octanol–water partition coefficient (Wildman–Crippen LogP) is 2.55. The minimum absolute atomic E-state index is 0.0435. The van der Waals surface area contributed by atoms with Crippen LogP contribution >= 0.6 is 15.9 Å². The van der Waals surface area contributed by atoms with Crippen molar-refractivity contribution in [2.24, 2.45) is 0 Å². The third-order valence-electron chi connectivity index (χ3n) is 2.26. The summed E-state index contributed by atoms with van der Waals surface area (Å²) in [7, 11) is 1.55. The number of hydrogen-bond donors (Lipinski definition) is 2. The fourth-order valence-electron chi connectivity index (χ4n) is 1.49. The Kier molecular flexibility index (Phi) is 3.14. The molecule has 0 aliphatic heterocycles. The Balaban J connectivity index is 2.52. The van der Waals surface area contributed by atoms with Crippen molar-refractivity contribution >= 4 is 21.9 Å². The number of aromatic nitrogens is 2. The van der Waals surface area contributed by atoms with E-state index in [1.807, 2.05) is 18.2 Å². The number of nitrogens with zero attached hydrogens (tertiary/aromatic N) is 1. The van der Waals surface area contributed by atoms with Crippen molar-refractivity contribution in [3.63, 3.8) is 0 Å². The number of carboxylic acids is 1. The first-order chi connectivity index (χ1) is 8.13. The highest BCUT2D eigenvalue weighted by Crippen LogP contribution is 2.35. The van der Waals surface area contributed by atoms with Gasteiger partial charge in [-0.15, -0.1) is 0 Å². The van der Waals surface area contributed by atoms with E-state index in [1.54, 1.807) is 7.11 Å². The molecule has 0 aliphatic rings. The van der Waals surface area contributed by atoms with Gasteiger partial charge in [-0.3, -0.25) is 5.10 Å². The smallest absolute Gasteiger partial charge is 0.353 e. The van der Waals surface area contributed by atoms with Gasteiger partial charge in [0.25, 0.3) is 0 Å². The Morgan fingerprint density at radius 3 is 2.88 bits per heavy atom. The number of H-pyrrole nitrogens is 1. The van der Waals surface area contributed by atoms with Crippen LogP contribution in [-0.4, -0.2) is 28.4 Å². The molecule has 1 heterocycles. The van der Waals surface area contributed by atoms with Gasteiger partial charge in [0.05, 0.1) is 17.3 Å². The highest BCUT2D eigenvalue weighted by atomic mass is 79.9. The van der Waals surface area contributed by atoms with Gasteiger partial charge in [0.15, 0.2) is 0 Å². The van der Waals surface area contributed by atoms with Crippen LogP contribution in [0.25, 0.3) is 11.3 Å². The van der Waals surface area contributed by atoms with Crippen LogP contribution in [-0.2, 0) is 0 Å². The lowest BCUT2D eigenvalue weighted by Crippen LogP contribution is -1.95. The van der Waals surface area contributed by atoms with E-state index < -0.39 is 5.97 Å². The number of methoxy groups -OCH3 is 1. The van der Waals surface area contributed by atoms with Gasteiger partial charge in [-0.1, -0.05) is 6.07 Å². The van der Waals surface area contributed by atoms with Crippen molar-refractivity contribution in [1.29, 1.82) is 0 Å². The van der Waals surface area contributed by atoms with Gasteiger partial charge < -0.3 is 9.84 Å². The van der Waals surface area contributed by atoms with Gasteiger partial charge in [0.2, 0.25) is 0 Å². The number of rotatable bonds is 3. The fraction of sp³-hybridized carbons (Fsp3) is 0.0909. The Labute approximate surface area is 106 Å². The van der Waals surface area contributed by atoms with E-state index in [4.69, 9.17) is 9.84 Å². The molecule has 0 unspecified atom stereocenters. The van der Waals surface area contributed by atoms with Gasteiger partial charge in [-0.2, -0.15) is 5.10 Å². The SMILES string of the molecule is COc1c(Br)cccc1-c1cc(C(=O)O)[nH]n1. The lowest BCUT2D eigenvalue weighted by molar-refractivity contribution is 0.0690. The van der Waals surface area contributed by atoms with Crippen LogP contribution in [0.2, 0.25) is 0 Å². The van der Waals surface area contributed by atoms with E-state index in [2.05, 4.69) is 26.1 Å². The molecule has 2 rings (SSSR count). The Bertz CT molecular complexity index is 566. The Morgan fingerprint density at radius 1 is 1.53 bits per heavy atom. The number of carbonyl (C=O) groups is 1. The van der Waals surface area contributed by atoms with Gasteiger partial charge in [-0.05, 0) is 34.1 Å². The fourth-order valence-corrected chi connectivity index (χ4v) is 2.02. The molecule has 0 saturated carbocycles. The van der Waals surface area contributed by atoms with Crippen molar-refractivity contribution in [1.82, 2.24) is 10.2 Å². The molecule has 0 aliphatic carbocycles. The summed E-state index contributed by atoms with van der Waals surface area (Å²) in [6, 6.07) is 6.95. The maximum absolute atomic E-state index is 10.8. The first-order valence-corrected chi connectivity index (χ1v) is 5.54. The summed E-state index contributed by atoms with van der Waals surface area (Å²) < 4.78 is 6.04. The van der Waals surface area contributed by atoms with E-state index in [0.717, 1.165) is 10.0 Å². The lowest BCUT2D eigenvalue weighted by atomic mass is 10.1. The molecule has 2 N–H and O–H groups in total. The van der Waals surface area contributed by atoms with Gasteiger partial charge in [-0.25, -0.2) is 4.79 Å². The van der Waals surface area contributed by atoms with Crippen LogP contribution in [0.15, 0.2) is 28.7 Å². The van der Waals surface area contributed by atoms with Crippen LogP contribution in [0.3, 0.4) is 0 Å². The van der Waals surface area contributed by atoms with Crippen molar-refractivity contribution in [2.75, 3.05) is 7.11 Å². The zero-order valence-electron chi connectivity index (χ0n) is 8.90. The molecule has 17 heavy (non-hydrogen) atoms. The summed E-state index contributed by atoms with van der Waals surface area (Å²) in [5.41, 5.74) is 1.30. The number of nitrogens with one attached hydrogen (secondary N) is 1. The number of aromatic carboxylic acids is 1. The molecule has 88 valence electrons. The number of carboxylic acid groups (broad SMARTS) is 1. The highest BCUT2D eigenvalue weighted by molar-refractivity contribution is 9.10. The maximum Gasteiger partial charge on any atom is 0.353 e. The Morgan fingerprint density at radius 2 is 2.29 bits per heavy atom. The van der Waals surface area contributed by atoms with E-state index in [1.165, 1.54) is 6.07 Å². The van der Waals surface area contributed by atoms with E-state index in [9.17, 15) is 4.79 Å². The summed E-state index contributed by atoms with van der Waals surface area (Å²) in [6.45, 7) is 0. The molecule has 1 aromatic carbocycles. The van der Waals surface area contributed by atoms with Crippen LogP contribution in [0.5, 0.6) is 5.75 Å². The lowest BCUT2D eigenvalue weighted by Gasteiger charge is -2.07. The van der Waals surface area contributed by atoms with Gasteiger partial charge in [0, 0.05) is 5.56 Å². The zero-order valence-corrected chi connectivity index (χ0v) is 10.5. The normalized spacial score (nSPS) is 10.2. The minimum atomic E-state index is -1.04. The summed E-state index contributed by atoms with van der Waals surface area (Å²) in [6.07, 6.45) is 0. The van der Waals surface area contributed by atoms with Crippen LogP contribution in [0, 0.1) is 0 Å². The first kappa shape index (κ1) is 11.7. The standard InChI is InChI=1S/C11H9BrN2O3/c1-17-10-6(3-2-4-7(10)12)8-5-9(11(15)16)14-13-8/h2-5H,1H3,(H,13,14)(H,15,16). The average molecular weight is 297 g/mol. The quantitative estimate of drug-likeness (QED) is 0.913. The number of para-hydroxylation sites is 1. The van der Waals surface area contributed by atoms with Crippen LogP contribution in [0.1, 0.15) is 10.5 Å². The third-order valence-corrected chi connectivity index (χ3v) is 2.88. The van der Waals surface area contributed by atoms with Crippen molar-refractivity contribution in [3.8, 4) is 17.0 Å². The minimum Gasteiger partial charge on any atom is -0.495 e. The summed E-state index contributed by atoms with van der Waals surface area (Å²) in [4.78, 5) is 10.8. The monoisotopic (exact) mass is 296 g/mol. The number of aromatic amines is 1. The molecule has 6 heteroatoms. The highest BCUT2D eigenvalue weighted by Gasteiger charge is 2.14. The Hall–Kier alpha value is -1.82. The second-order valence-electron chi connectivity index (χ2n) is 3.29. The summed E-state index contributed by atoms with van der Waals surface area (Å²) in [5, 5.41) is 15.2. The predicted molar refractivity (Wildman–Crippen MR) is 65.2 cm³/mol. The first-order valence-electron chi connectivity index (χ1n) is 4.75. The molecule has 0 amide bonds. The van der Waals surface area contributed by atoms with E-state index in [0.29, 0.717) is 11.4 Å². The molecule has 2 aromatic rings. The second-order valence-corrected chi connectivity index (χ2v) is 4.15. The van der Waals surface area contributed by atoms with Crippen molar-refractivity contribution in [2.45, 2.75) is 0 Å². The molecule has 0 saturated heterocycles. The van der Waals surface area contributed by atoms with E-state index in [-0.39, 0.29) is 5.69 Å². The number of ether oxygens (including phenoxy) is 1. The van der Waals surface area contributed by atoms with E-state index >= 15 is 0 Å². The zero-order chi connectivity index (χ0) is 12.4. The van der Waals surface area contributed by atoms with Crippen molar-refractivity contribution in [3.05, 3.63) is 34.4 Å². The summed E-state index contributed by atoms with van der Waals surface area (Å²) >= 11 is 3.36. The average Bonchev–Trinajstić information content (AvgIpc) is 2.77. The van der Waals surface area contributed by atoms with Crippen LogP contribution in [0.4, 0.5) is 0 Å². The number of benzene rings is 1. The largest absolute Gasteiger partial charge is 0.495 e. The van der Waals surface area contributed by atoms with Crippen molar-refractivity contribution < 1.29 is 14.6 Å². The molecular weight excluding hydrogens is 288 g/mol. The third kappa shape index (κ3) is 2.16. The molecule has 0 atom stereocenters. The number of halogens is 1. The molecule has 0 radical (unpaired) electrons. The topological polar surface area (TPSA) is 75.2 Å². The molecule has 0 bridgehead atoms. The number of hydrogen-bond acceptors (Lipinski definition) is 3. The maximum atomic E-state index is 10.8. The second kappa shape index (κ2) is 4.58. The molecule has 0 fully saturated rings. The van der Waals surface area contributed by atoms with Gasteiger partial charge >= 0.3 is 5.97 Å².